The summed E-state index contributed by atoms with van der Waals surface area (Å²) in [6, 6.07) is 14.4. The van der Waals surface area contributed by atoms with Gasteiger partial charge in [0.1, 0.15) is 0 Å². The topological polar surface area (TPSA) is 20.3 Å². The van der Waals surface area contributed by atoms with Gasteiger partial charge in [0.25, 0.3) is 0 Å². The molecule has 1 aliphatic rings. The van der Waals surface area contributed by atoms with Crippen LogP contribution in [0.4, 0.5) is 11.4 Å². The molecule has 0 saturated carbocycles. The molecule has 2 aromatic carbocycles. The molecule has 108 valence electrons. The predicted octanol–water partition coefficient (Wildman–Crippen LogP) is 4.98. The summed E-state index contributed by atoms with van der Waals surface area (Å²) in [6.07, 6.45) is 1.12. The number of Topliss-reactive ketones (excluding diaryl/α,β-unsaturated/α-hetero) is 1. The first-order valence-electron chi connectivity index (χ1n) is 7.22. The maximum absolute atomic E-state index is 11.5. The van der Waals surface area contributed by atoms with Gasteiger partial charge in [-0.2, -0.15) is 0 Å². The summed E-state index contributed by atoms with van der Waals surface area (Å²) in [5.74, 6) is 0.703. The second-order valence-corrected chi connectivity index (χ2v) is 6.63. The van der Waals surface area contributed by atoms with Crippen LogP contribution in [-0.4, -0.2) is 12.3 Å². The van der Waals surface area contributed by atoms with Crippen molar-refractivity contribution in [3.63, 3.8) is 0 Å². The SMILES string of the molecule is CC(=O)c1ccc(N2CC(C)Cc3ccccc32)c(Br)c1. The second-order valence-electron chi connectivity index (χ2n) is 5.77. The van der Waals surface area contributed by atoms with Gasteiger partial charge in [-0.05, 0) is 65.0 Å². The number of carbonyl (C=O) groups is 1. The number of hydrogen-bond donors (Lipinski definition) is 0. The van der Waals surface area contributed by atoms with Gasteiger partial charge in [0.2, 0.25) is 0 Å². The average Bonchev–Trinajstić information content (AvgIpc) is 2.46. The first-order valence-corrected chi connectivity index (χ1v) is 8.01. The Morgan fingerprint density at radius 1 is 1.19 bits per heavy atom. The molecule has 0 fully saturated rings. The fourth-order valence-electron chi connectivity index (χ4n) is 2.97. The largest absolute Gasteiger partial charge is 0.340 e. The van der Waals surface area contributed by atoms with E-state index in [-0.39, 0.29) is 5.78 Å². The third kappa shape index (κ3) is 2.75. The molecule has 0 N–H and O–H groups in total. The number of fused-ring (bicyclic) bond motifs is 1. The highest BCUT2D eigenvalue weighted by Gasteiger charge is 2.23. The van der Waals surface area contributed by atoms with Crippen molar-refractivity contribution in [3.05, 3.63) is 58.1 Å². The number of carbonyl (C=O) groups excluding carboxylic acids is 1. The summed E-state index contributed by atoms with van der Waals surface area (Å²) >= 11 is 3.63. The fraction of sp³-hybridized carbons (Fsp3) is 0.278. The van der Waals surface area contributed by atoms with Crippen molar-refractivity contribution in [1.29, 1.82) is 0 Å². The van der Waals surface area contributed by atoms with Gasteiger partial charge in [-0.3, -0.25) is 4.79 Å². The van der Waals surface area contributed by atoms with Crippen molar-refractivity contribution in [3.8, 4) is 0 Å². The minimum Gasteiger partial charge on any atom is -0.340 e. The quantitative estimate of drug-likeness (QED) is 0.716. The molecular weight excluding hydrogens is 326 g/mol. The lowest BCUT2D eigenvalue weighted by Gasteiger charge is -2.35. The lowest BCUT2D eigenvalue weighted by Crippen LogP contribution is -2.30. The standard InChI is InChI=1S/C18H18BrNO/c1-12-9-15-5-3-4-6-17(15)20(11-12)18-8-7-14(13(2)21)10-16(18)19/h3-8,10,12H,9,11H2,1-2H3. The van der Waals surface area contributed by atoms with Crippen LogP contribution in [0.5, 0.6) is 0 Å². The normalized spacial score (nSPS) is 17.5. The van der Waals surface area contributed by atoms with E-state index in [0.29, 0.717) is 5.92 Å². The number of ketones is 1. The number of halogens is 1. The van der Waals surface area contributed by atoms with Crippen LogP contribution in [0.3, 0.4) is 0 Å². The van der Waals surface area contributed by atoms with Gasteiger partial charge in [-0.25, -0.2) is 0 Å². The first-order chi connectivity index (χ1) is 10.1. The highest BCUT2D eigenvalue weighted by molar-refractivity contribution is 9.10. The molecule has 2 aromatic rings. The fourth-order valence-corrected chi connectivity index (χ4v) is 3.56. The molecule has 1 heterocycles. The highest BCUT2D eigenvalue weighted by atomic mass is 79.9. The second kappa shape index (κ2) is 5.64. The van der Waals surface area contributed by atoms with E-state index in [1.54, 1.807) is 6.92 Å². The Morgan fingerprint density at radius 2 is 1.95 bits per heavy atom. The minimum atomic E-state index is 0.0923. The molecule has 3 rings (SSSR count). The summed E-state index contributed by atoms with van der Waals surface area (Å²) in [6.45, 7) is 4.87. The molecule has 1 unspecified atom stereocenters. The number of anilines is 2. The summed E-state index contributed by atoms with van der Waals surface area (Å²) in [4.78, 5) is 13.8. The van der Waals surface area contributed by atoms with E-state index in [4.69, 9.17) is 0 Å². The zero-order valence-electron chi connectivity index (χ0n) is 12.3. The smallest absolute Gasteiger partial charge is 0.159 e. The van der Waals surface area contributed by atoms with Gasteiger partial charge < -0.3 is 4.90 Å². The Kier molecular flexibility index (Phi) is 3.85. The Morgan fingerprint density at radius 3 is 2.67 bits per heavy atom. The summed E-state index contributed by atoms with van der Waals surface area (Å²) in [7, 11) is 0. The van der Waals surface area contributed by atoms with Crippen LogP contribution in [0.1, 0.15) is 29.8 Å². The van der Waals surface area contributed by atoms with Crippen molar-refractivity contribution in [2.75, 3.05) is 11.4 Å². The molecule has 3 heteroatoms. The first kappa shape index (κ1) is 14.3. The number of benzene rings is 2. The molecule has 0 bridgehead atoms. The van der Waals surface area contributed by atoms with Crippen LogP contribution in [0, 0.1) is 5.92 Å². The van der Waals surface area contributed by atoms with Crippen LogP contribution >= 0.6 is 15.9 Å². The summed E-state index contributed by atoms with van der Waals surface area (Å²) in [5, 5.41) is 0. The predicted molar refractivity (Wildman–Crippen MR) is 90.5 cm³/mol. The zero-order valence-corrected chi connectivity index (χ0v) is 13.9. The summed E-state index contributed by atoms with van der Waals surface area (Å²) < 4.78 is 0.971. The van der Waals surface area contributed by atoms with E-state index in [0.717, 1.165) is 28.7 Å². The van der Waals surface area contributed by atoms with Crippen LogP contribution in [0.15, 0.2) is 46.9 Å². The molecule has 2 nitrogen and oxygen atoms in total. The Balaban J connectivity index is 2.06. The summed E-state index contributed by atoms with van der Waals surface area (Å²) in [5.41, 5.74) is 4.52. The van der Waals surface area contributed by atoms with Gasteiger partial charge in [0.05, 0.1) is 5.69 Å². The van der Waals surface area contributed by atoms with Crippen molar-refractivity contribution < 1.29 is 4.79 Å². The van der Waals surface area contributed by atoms with Crippen molar-refractivity contribution in [2.24, 2.45) is 5.92 Å². The highest BCUT2D eigenvalue weighted by Crippen LogP contribution is 2.38. The van der Waals surface area contributed by atoms with E-state index in [9.17, 15) is 4.79 Å². The number of hydrogen-bond acceptors (Lipinski definition) is 2. The maximum Gasteiger partial charge on any atom is 0.159 e. The molecule has 0 saturated heterocycles. The third-order valence-electron chi connectivity index (χ3n) is 3.99. The van der Waals surface area contributed by atoms with Gasteiger partial charge in [-0.1, -0.05) is 25.1 Å². The van der Waals surface area contributed by atoms with E-state index >= 15 is 0 Å². The van der Waals surface area contributed by atoms with Gasteiger partial charge in [0.15, 0.2) is 5.78 Å². The monoisotopic (exact) mass is 343 g/mol. The maximum atomic E-state index is 11.5. The van der Waals surface area contributed by atoms with Crippen LogP contribution < -0.4 is 4.90 Å². The van der Waals surface area contributed by atoms with Gasteiger partial charge in [-0.15, -0.1) is 0 Å². The van der Waals surface area contributed by atoms with Crippen LogP contribution in [0.25, 0.3) is 0 Å². The van der Waals surface area contributed by atoms with Crippen molar-refractivity contribution >= 4 is 33.1 Å². The van der Waals surface area contributed by atoms with Crippen molar-refractivity contribution in [1.82, 2.24) is 0 Å². The van der Waals surface area contributed by atoms with E-state index < -0.39 is 0 Å². The number of rotatable bonds is 2. The molecular formula is C18H18BrNO. The number of para-hydroxylation sites is 1. The Labute approximate surface area is 133 Å². The lowest BCUT2D eigenvalue weighted by atomic mass is 9.93. The molecule has 0 aliphatic carbocycles. The van der Waals surface area contributed by atoms with Gasteiger partial charge >= 0.3 is 0 Å². The van der Waals surface area contributed by atoms with Crippen molar-refractivity contribution in [2.45, 2.75) is 20.3 Å². The molecule has 21 heavy (non-hydrogen) atoms. The average molecular weight is 344 g/mol. The molecule has 1 aliphatic heterocycles. The Hall–Kier alpha value is -1.61. The lowest BCUT2D eigenvalue weighted by molar-refractivity contribution is 0.101. The molecule has 0 radical (unpaired) electrons. The van der Waals surface area contributed by atoms with E-state index in [1.165, 1.54) is 11.3 Å². The Bertz CT molecular complexity index is 695. The molecule has 0 spiro atoms. The molecule has 0 amide bonds. The zero-order chi connectivity index (χ0) is 15.0. The van der Waals surface area contributed by atoms with Crippen LogP contribution in [0.2, 0.25) is 0 Å². The molecule has 1 atom stereocenters. The number of nitrogens with zero attached hydrogens (tertiary/aromatic N) is 1. The minimum absolute atomic E-state index is 0.0923. The van der Waals surface area contributed by atoms with Crippen LogP contribution in [-0.2, 0) is 6.42 Å². The van der Waals surface area contributed by atoms with Gasteiger partial charge in [0, 0.05) is 22.3 Å². The van der Waals surface area contributed by atoms with E-state index in [1.807, 2.05) is 18.2 Å². The third-order valence-corrected chi connectivity index (χ3v) is 4.63. The molecule has 0 aromatic heterocycles. The van der Waals surface area contributed by atoms with E-state index in [2.05, 4.69) is 52.0 Å².